The van der Waals surface area contributed by atoms with Crippen molar-refractivity contribution in [3.05, 3.63) is 10.8 Å². The van der Waals surface area contributed by atoms with Crippen LogP contribution >= 0.6 is 11.3 Å². The van der Waals surface area contributed by atoms with E-state index in [0.29, 0.717) is 12.5 Å². The van der Waals surface area contributed by atoms with E-state index in [-0.39, 0.29) is 0 Å². The van der Waals surface area contributed by atoms with Crippen LogP contribution in [0.1, 0.15) is 30.6 Å². The molecule has 0 aliphatic heterocycles. The molecule has 2 aromatic rings. The molecule has 6 nitrogen and oxygen atoms in total. The van der Waals surface area contributed by atoms with E-state index in [1.165, 1.54) is 0 Å². The van der Waals surface area contributed by atoms with Gasteiger partial charge in [-0.3, -0.25) is 0 Å². The van der Waals surface area contributed by atoms with Crippen molar-refractivity contribution in [2.24, 2.45) is 0 Å². The van der Waals surface area contributed by atoms with Gasteiger partial charge in [0.2, 0.25) is 4.96 Å². The molecule has 2 rings (SSSR count). The second-order valence-electron chi connectivity index (χ2n) is 4.07. The number of aromatic nitrogens is 4. The van der Waals surface area contributed by atoms with Crippen LogP contribution in [-0.2, 0) is 11.3 Å². The monoisotopic (exact) mass is 255 g/mol. The van der Waals surface area contributed by atoms with Crippen molar-refractivity contribution in [2.75, 3.05) is 20.3 Å². The van der Waals surface area contributed by atoms with Crippen molar-refractivity contribution in [3.63, 3.8) is 0 Å². The van der Waals surface area contributed by atoms with E-state index in [1.54, 1.807) is 18.4 Å². The molecule has 17 heavy (non-hydrogen) atoms. The molecule has 2 aromatic heterocycles. The van der Waals surface area contributed by atoms with E-state index in [0.717, 1.165) is 28.9 Å². The van der Waals surface area contributed by atoms with Crippen LogP contribution in [0.3, 0.4) is 0 Å². The molecule has 0 atom stereocenters. The Hall–Kier alpha value is -1.05. The van der Waals surface area contributed by atoms with Gasteiger partial charge in [0.05, 0.1) is 6.61 Å². The Kier molecular flexibility index (Phi) is 4.03. The first-order valence-corrected chi connectivity index (χ1v) is 6.44. The minimum absolute atomic E-state index is 0.335. The molecular formula is C10H17N5OS. The number of nitrogens with zero attached hydrogens (tertiary/aromatic N) is 4. The average molecular weight is 255 g/mol. The number of hydrogen-bond acceptors (Lipinski definition) is 6. The van der Waals surface area contributed by atoms with E-state index >= 15 is 0 Å². The number of ether oxygens (including phenoxy) is 1. The third kappa shape index (κ3) is 2.80. The van der Waals surface area contributed by atoms with Gasteiger partial charge in [-0.05, 0) is 0 Å². The van der Waals surface area contributed by atoms with Crippen molar-refractivity contribution >= 4 is 16.3 Å². The first-order valence-electron chi connectivity index (χ1n) is 5.63. The number of hydrogen-bond donors (Lipinski definition) is 1. The molecule has 0 aliphatic carbocycles. The van der Waals surface area contributed by atoms with Crippen molar-refractivity contribution in [3.8, 4) is 0 Å². The third-order valence-corrected chi connectivity index (χ3v) is 3.23. The van der Waals surface area contributed by atoms with Gasteiger partial charge in [-0.1, -0.05) is 25.2 Å². The van der Waals surface area contributed by atoms with E-state index in [4.69, 9.17) is 4.74 Å². The Morgan fingerprint density at radius 3 is 2.94 bits per heavy atom. The second kappa shape index (κ2) is 5.52. The summed E-state index contributed by atoms with van der Waals surface area (Å²) in [5.41, 5.74) is 0. The summed E-state index contributed by atoms with van der Waals surface area (Å²) in [5.74, 6) is 1.25. The van der Waals surface area contributed by atoms with Crippen molar-refractivity contribution in [1.82, 2.24) is 25.1 Å². The molecule has 0 fully saturated rings. The summed E-state index contributed by atoms with van der Waals surface area (Å²) in [6.45, 7) is 6.46. The highest BCUT2D eigenvalue weighted by Crippen LogP contribution is 2.18. The van der Waals surface area contributed by atoms with Gasteiger partial charge in [-0.15, -0.1) is 10.2 Å². The van der Waals surface area contributed by atoms with Gasteiger partial charge in [-0.2, -0.15) is 9.61 Å². The Labute approximate surface area is 104 Å². The zero-order chi connectivity index (χ0) is 12.3. The van der Waals surface area contributed by atoms with Crippen LogP contribution in [0.25, 0.3) is 4.96 Å². The number of methoxy groups -OCH3 is 1. The molecule has 0 unspecified atom stereocenters. The van der Waals surface area contributed by atoms with Gasteiger partial charge in [-0.25, -0.2) is 0 Å². The van der Waals surface area contributed by atoms with Gasteiger partial charge in [0, 0.05) is 26.1 Å². The first-order chi connectivity index (χ1) is 8.22. The minimum atomic E-state index is 0.335. The fraction of sp³-hybridized carbons (Fsp3) is 0.700. The third-order valence-electron chi connectivity index (χ3n) is 2.33. The van der Waals surface area contributed by atoms with Crippen LogP contribution in [0, 0.1) is 0 Å². The largest absolute Gasteiger partial charge is 0.383 e. The predicted molar refractivity (Wildman–Crippen MR) is 66.3 cm³/mol. The fourth-order valence-electron chi connectivity index (χ4n) is 1.47. The molecule has 0 aliphatic rings. The van der Waals surface area contributed by atoms with E-state index in [9.17, 15) is 0 Å². The van der Waals surface area contributed by atoms with Gasteiger partial charge < -0.3 is 10.1 Å². The maximum Gasteiger partial charge on any atom is 0.234 e. The second-order valence-corrected chi connectivity index (χ2v) is 5.11. The van der Waals surface area contributed by atoms with E-state index in [2.05, 4.69) is 34.5 Å². The van der Waals surface area contributed by atoms with E-state index < -0.39 is 0 Å². The van der Waals surface area contributed by atoms with Gasteiger partial charge in [0.1, 0.15) is 5.01 Å². The number of nitrogens with one attached hydrogen (secondary N) is 1. The summed E-state index contributed by atoms with van der Waals surface area (Å²) >= 11 is 1.57. The quantitative estimate of drug-likeness (QED) is 0.781. The molecule has 0 saturated heterocycles. The Balaban J connectivity index is 2.04. The van der Waals surface area contributed by atoms with Crippen LogP contribution < -0.4 is 5.32 Å². The molecule has 0 bridgehead atoms. The average Bonchev–Trinajstić information content (AvgIpc) is 2.82. The van der Waals surface area contributed by atoms with Crippen molar-refractivity contribution < 1.29 is 4.74 Å². The molecule has 0 amide bonds. The molecule has 1 N–H and O–H groups in total. The number of fused-ring (bicyclic) bond motifs is 1. The maximum atomic E-state index is 4.97. The topological polar surface area (TPSA) is 64.3 Å². The molecular weight excluding hydrogens is 238 g/mol. The van der Waals surface area contributed by atoms with Crippen LogP contribution in [0.2, 0.25) is 0 Å². The lowest BCUT2D eigenvalue weighted by Gasteiger charge is -2.00. The fourth-order valence-corrected chi connectivity index (χ4v) is 2.28. The van der Waals surface area contributed by atoms with Crippen LogP contribution in [-0.4, -0.2) is 40.1 Å². The molecule has 7 heteroatoms. The first kappa shape index (κ1) is 12.4. The summed E-state index contributed by atoms with van der Waals surface area (Å²) in [7, 11) is 1.69. The SMILES string of the molecule is COCCNCc1nn2c(C(C)C)nnc2s1. The van der Waals surface area contributed by atoms with Crippen LogP contribution in [0.5, 0.6) is 0 Å². The van der Waals surface area contributed by atoms with Crippen LogP contribution in [0.15, 0.2) is 0 Å². The molecule has 94 valence electrons. The standard InChI is InChI=1S/C10H17N5OS/c1-7(2)9-12-13-10-15(9)14-8(17-10)6-11-4-5-16-3/h7,11H,4-6H2,1-3H3. The summed E-state index contributed by atoms with van der Waals surface area (Å²) in [5, 5.41) is 17.0. The molecule has 0 spiro atoms. The van der Waals surface area contributed by atoms with Crippen molar-refractivity contribution in [1.29, 1.82) is 0 Å². The zero-order valence-electron chi connectivity index (χ0n) is 10.3. The lowest BCUT2D eigenvalue weighted by atomic mass is 10.2. The Morgan fingerprint density at radius 1 is 1.41 bits per heavy atom. The summed E-state index contributed by atoms with van der Waals surface area (Å²) in [6.07, 6.45) is 0. The zero-order valence-corrected chi connectivity index (χ0v) is 11.1. The van der Waals surface area contributed by atoms with Crippen molar-refractivity contribution in [2.45, 2.75) is 26.3 Å². The van der Waals surface area contributed by atoms with E-state index in [1.807, 2.05) is 4.52 Å². The maximum absolute atomic E-state index is 4.97. The smallest absolute Gasteiger partial charge is 0.234 e. The van der Waals surface area contributed by atoms with Crippen LogP contribution in [0.4, 0.5) is 0 Å². The lowest BCUT2D eigenvalue weighted by molar-refractivity contribution is 0.199. The van der Waals surface area contributed by atoms with Gasteiger partial charge >= 0.3 is 0 Å². The molecule has 2 heterocycles. The normalized spacial score (nSPS) is 11.8. The summed E-state index contributed by atoms with van der Waals surface area (Å²) < 4.78 is 6.80. The van der Waals surface area contributed by atoms with Gasteiger partial charge in [0.15, 0.2) is 5.82 Å². The Morgan fingerprint density at radius 2 is 2.24 bits per heavy atom. The summed E-state index contributed by atoms with van der Waals surface area (Å²) in [6, 6.07) is 0. The van der Waals surface area contributed by atoms with Gasteiger partial charge in [0.25, 0.3) is 0 Å². The summed E-state index contributed by atoms with van der Waals surface area (Å²) in [4.78, 5) is 0.859. The molecule has 0 saturated carbocycles. The highest BCUT2D eigenvalue weighted by atomic mass is 32.1. The molecule has 0 radical (unpaired) electrons. The molecule has 0 aromatic carbocycles. The number of rotatable bonds is 6. The highest BCUT2D eigenvalue weighted by molar-refractivity contribution is 7.16. The Bertz CT molecular complexity index is 478. The predicted octanol–water partition coefficient (Wildman–Crippen LogP) is 1.05. The lowest BCUT2D eigenvalue weighted by Crippen LogP contribution is -2.18. The minimum Gasteiger partial charge on any atom is -0.383 e. The highest BCUT2D eigenvalue weighted by Gasteiger charge is 2.13.